The highest BCUT2D eigenvalue weighted by atomic mass is 16.6. The van der Waals surface area contributed by atoms with E-state index in [4.69, 9.17) is 9.47 Å². The maximum Gasteiger partial charge on any atom is 0.410 e. The molecule has 3 rings (SSSR count). The fraction of sp³-hybridized carbons (Fsp3) is 0.943. The van der Waals surface area contributed by atoms with E-state index in [0.717, 1.165) is 58.9 Å². The Labute approximate surface area is 278 Å². The summed E-state index contributed by atoms with van der Waals surface area (Å²) in [5.74, 6) is 0. The Kier molecular flexibility index (Phi) is 19.2. The number of carbonyl (C=O) groups excluding carboxylic acids is 2. The number of carbonyl (C=O) groups is 2. The van der Waals surface area contributed by atoms with Crippen molar-refractivity contribution in [2.45, 2.75) is 115 Å². The lowest BCUT2D eigenvalue weighted by Gasteiger charge is -2.36. The first-order valence-corrected chi connectivity index (χ1v) is 17.0. The van der Waals surface area contributed by atoms with Crippen LogP contribution in [0.4, 0.5) is 9.59 Å². The van der Waals surface area contributed by atoms with Crippen LogP contribution in [-0.2, 0) is 9.47 Å². The van der Waals surface area contributed by atoms with Crippen LogP contribution in [0.15, 0.2) is 0 Å². The summed E-state index contributed by atoms with van der Waals surface area (Å²) in [5, 5.41) is 6.55. The largest absolute Gasteiger partial charge is 0.444 e. The molecule has 3 aliphatic heterocycles. The average molecular weight is 643 g/mol. The van der Waals surface area contributed by atoms with E-state index in [-0.39, 0.29) is 25.2 Å². The highest BCUT2D eigenvalue weighted by molar-refractivity contribution is 5.68. The van der Waals surface area contributed by atoms with E-state index in [1.807, 2.05) is 46.4 Å². The van der Waals surface area contributed by atoms with Crippen molar-refractivity contribution >= 4 is 12.2 Å². The third-order valence-corrected chi connectivity index (χ3v) is 7.36. The third-order valence-electron chi connectivity index (χ3n) is 7.36. The zero-order valence-electron chi connectivity index (χ0n) is 30.7. The van der Waals surface area contributed by atoms with Gasteiger partial charge in [0.2, 0.25) is 0 Å². The zero-order valence-corrected chi connectivity index (χ0v) is 30.7. The van der Waals surface area contributed by atoms with E-state index in [1.165, 1.54) is 45.6 Å². The Morgan fingerprint density at radius 3 is 1.16 bits per heavy atom. The maximum absolute atomic E-state index is 11.9. The van der Waals surface area contributed by atoms with Gasteiger partial charge in [0.15, 0.2) is 0 Å². The first-order chi connectivity index (χ1) is 20.1. The van der Waals surface area contributed by atoms with Crippen molar-refractivity contribution in [1.29, 1.82) is 0 Å². The summed E-state index contributed by atoms with van der Waals surface area (Å²) < 4.78 is 10.6. The van der Waals surface area contributed by atoms with Crippen LogP contribution in [0.3, 0.4) is 0 Å². The number of amides is 2. The molecule has 3 aliphatic rings. The topological polar surface area (TPSA) is 89.6 Å². The van der Waals surface area contributed by atoms with Gasteiger partial charge < -0.3 is 34.8 Å². The van der Waals surface area contributed by atoms with Gasteiger partial charge in [-0.05, 0) is 78.3 Å². The van der Waals surface area contributed by atoms with E-state index < -0.39 is 5.60 Å². The van der Waals surface area contributed by atoms with E-state index >= 15 is 0 Å². The molecule has 0 aliphatic carbocycles. The number of ether oxygens (including phenoxy) is 2. The molecule has 3 saturated heterocycles. The molecule has 0 saturated carbocycles. The molecular weight excluding hydrogens is 568 g/mol. The van der Waals surface area contributed by atoms with Crippen LogP contribution in [0, 0.1) is 10.8 Å². The molecule has 0 aromatic heterocycles. The molecule has 0 aromatic carbocycles. The van der Waals surface area contributed by atoms with Crippen LogP contribution >= 0.6 is 0 Å². The van der Waals surface area contributed by atoms with Gasteiger partial charge in [-0.25, -0.2) is 9.59 Å². The van der Waals surface area contributed by atoms with Gasteiger partial charge in [0, 0.05) is 78.5 Å². The summed E-state index contributed by atoms with van der Waals surface area (Å²) in [7, 11) is 0. The van der Waals surface area contributed by atoms with Crippen LogP contribution in [0.25, 0.3) is 0 Å². The number of nitrogens with one attached hydrogen (secondary N) is 2. The lowest BCUT2D eigenvalue weighted by molar-refractivity contribution is 0.0136. The molecule has 0 spiro atoms. The van der Waals surface area contributed by atoms with E-state index in [1.54, 1.807) is 4.90 Å². The SMILES string of the molecule is C.CC(C)(C)CCN1CCN(C(=O)OC(C)(C)C)CC1.CC(C)(C)CCN1CCNCC1.CC(C)(C)OC(=O)N1CCNCC1. The second kappa shape index (κ2) is 19.9. The van der Waals surface area contributed by atoms with Crippen molar-refractivity contribution in [3.63, 3.8) is 0 Å². The van der Waals surface area contributed by atoms with Crippen LogP contribution < -0.4 is 10.6 Å². The maximum atomic E-state index is 11.9. The van der Waals surface area contributed by atoms with Gasteiger partial charge in [0.1, 0.15) is 11.2 Å². The molecule has 268 valence electrons. The monoisotopic (exact) mass is 643 g/mol. The number of hydrogen-bond acceptors (Lipinski definition) is 8. The van der Waals surface area contributed by atoms with Gasteiger partial charge in [-0.15, -0.1) is 0 Å². The molecule has 3 heterocycles. The predicted octanol–water partition coefficient (Wildman–Crippen LogP) is 5.77. The number of piperazine rings is 3. The standard InChI is InChI=1S/C15H30N2O2.C10H22N2.C9H18N2O2.CH4/c1-14(2,3)7-8-16-9-11-17(12-10-16)13(18)19-15(4,5)6;1-10(2,3)4-7-12-8-5-11-6-9-12;1-9(2,3)13-8(12)11-6-4-10-5-7-11;/h7-12H2,1-6H3;11H,4-9H2,1-3H3;10H,4-7H2,1-3H3;1H4. The fourth-order valence-electron chi connectivity index (χ4n) is 4.58. The highest BCUT2D eigenvalue weighted by Gasteiger charge is 2.26. The lowest BCUT2D eigenvalue weighted by Crippen LogP contribution is -2.50. The minimum absolute atomic E-state index is 0. The third kappa shape index (κ3) is 23.4. The quantitative estimate of drug-likeness (QED) is 0.400. The van der Waals surface area contributed by atoms with Gasteiger partial charge in [-0.2, -0.15) is 0 Å². The molecule has 2 amide bonds. The summed E-state index contributed by atoms with van der Waals surface area (Å²) in [4.78, 5) is 32.0. The fourth-order valence-corrected chi connectivity index (χ4v) is 4.58. The van der Waals surface area contributed by atoms with Gasteiger partial charge >= 0.3 is 12.2 Å². The Balaban J connectivity index is 0.000000660. The van der Waals surface area contributed by atoms with Crippen LogP contribution in [0.1, 0.15) is 103 Å². The Hall–Kier alpha value is -1.62. The van der Waals surface area contributed by atoms with Crippen LogP contribution in [-0.4, -0.2) is 135 Å². The Morgan fingerprint density at radius 1 is 0.511 bits per heavy atom. The second-order valence-corrected chi connectivity index (χ2v) is 16.7. The summed E-state index contributed by atoms with van der Waals surface area (Å²) >= 11 is 0. The number of hydrogen-bond donors (Lipinski definition) is 2. The molecular formula is C35H74N6O4. The second-order valence-electron chi connectivity index (χ2n) is 16.7. The van der Waals surface area contributed by atoms with Crippen LogP contribution in [0.2, 0.25) is 0 Å². The van der Waals surface area contributed by atoms with E-state index in [2.05, 4.69) is 62.0 Å². The molecule has 0 unspecified atom stereocenters. The summed E-state index contributed by atoms with van der Waals surface area (Å²) in [6, 6.07) is 0. The number of nitrogens with zero attached hydrogens (tertiary/aromatic N) is 4. The van der Waals surface area contributed by atoms with Crippen molar-refractivity contribution in [1.82, 2.24) is 30.2 Å². The van der Waals surface area contributed by atoms with Gasteiger partial charge in [0.25, 0.3) is 0 Å². The minimum atomic E-state index is -0.402. The van der Waals surface area contributed by atoms with Crippen molar-refractivity contribution in [2.75, 3.05) is 91.6 Å². The van der Waals surface area contributed by atoms with Gasteiger partial charge in [-0.1, -0.05) is 49.0 Å². The molecule has 3 fully saturated rings. The molecule has 10 nitrogen and oxygen atoms in total. The van der Waals surface area contributed by atoms with Crippen molar-refractivity contribution < 1.29 is 19.1 Å². The molecule has 0 aromatic rings. The van der Waals surface area contributed by atoms with Crippen molar-refractivity contribution in [3.05, 3.63) is 0 Å². The summed E-state index contributed by atoms with van der Waals surface area (Å²) in [6.45, 7) is 39.0. The Bertz CT molecular complexity index is 806. The predicted molar refractivity (Wildman–Crippen MR) is 189 cm³/mol. The van der Waals surface area contributed by atoms with Gasteiger partial charge in [0.05, 0.1) is 0 Å². The van der Waals surface area contributed by atoms with Gasteiger partial charge in [-0.3, -0.25) is 4.90 Å². The van der Waals surface area contributed by atoms with E-state index in [9.17, 15) is 9.59 Å². The van der Waals surface area contributed by atoms with E-state index in [0.29, 0.717) is 10.8 Å². The van der Waals surface area contributed by atoms with Crippen LogP contribution in [0.5, 0.6) is 0 Å². The van der Waals surface area contributed by atoms with Crippen molar-refractivity contribution in [2.24, 2.45) is 10.8 Å². The molecule has 45 heavy (non-hydrogen) atoms. The summed E-state index contributed by atoms with van der Waals surface area (Å²) in [6.07, 6.45) is 2.13. The molecule has 0 radical (unpaired) electrons. The first kappa shape index (κ1) is 43.4. The molecule has 0 bridgehead atoms. The summed E-state index contributed by atoms with van der Waals surface area (Å²) in [5.41, 5.74) is 0.0790. The highest BCUT2D eigenvalue weighted by Crippen LogP contribution is 2.20. The number of rotatable bonds is 4. The molecule has 2 N–H and O–H groups in total. The zero-order chi connectivity index (χ0) is 33.6. The minimum Gasteiger partial charge on any atom is -0.444 e. The van der Waals surface area contributed by atoms with Crippen molar-refractivity contribution in [3.8, 4) is 0 Å². The normalized spacial score (nSPS) is 18.8. The Morgan fingerprint density at radius 2 is 0.822 bits per heavy atom. The molecule has 10 heteroatoms. The first-order valence-electron chi connectivity index (χ1n) is 17.0. The lowest BCUT2D eigenvalue weighted by atomic mass is 9.92. The average Bonchev–Trinajstić information content (AvgIpc) is 2.90. The molecule has 0 atom stereocenters. The smallest absolute Gasteiger partial charge is 0.410 e.